The molecule has 2 aromatic carbocycles. The third-order valence-electron chi connectivity index (χ3n) is 4.09. The van der Waals surface area contributed by atoms with Crippen LogP contribution in [0.5, 0.6) is 0 Å². The molecule has 0 saturated heterocycles. The first kappa shape index (κ1) is 22.7. The molecule has 0 bridgehead atoms. The quantitative estimate of drug-likeness (QED) is 0.493. The minimum Gasteiger partial charge on any atom is -0.481 e. The van der Waals surface area contributed by atoms with Gasteiger partial charge in [-0.3, -0.25) is 9.36 Å². The molecule has 2 atom stereocenters. The molecule has 2 N–H and O–H groups in total. The van der Waals surface area contributed by atoms with E-state index < -0.39 is 44.2 Å². The maximum atomic E-state index is 13.6. The molecule has 0 saturated carbocycles. The Balaban J connectivity index is 2.15. The fourth-order valence-electron chi connectivity index (χ4n) is 2.51. The zero-order valence-corrected chi connectivity index (χ0v) is 16.4. The van der Waals surface area contributed by atoms with Gasteiger partial charge >= 0.3 is 19.5 Å². The van der Waals surface area contributed by atoms with E-state index in [2.05, 4.69) is 0 Å². The van der Waals surface area contributed by atoms with E-state index in [4.69, 9.17) is 14.2 Å². The van der Waals surface area contributed by atoms with Gasteiger partial charge in [-0.2, -0.15) is 0 Å². The maximum absolute atomic E-state index is 13.6. The van der Waals surface area contributed by atoms with E-state index in [0.29, 0.717) is 11.1 Å². The normalized spacial score (nSPS) is 13.6. The number of alkyl halides is 1. The number of carbonyl (C=O) groups is 2. The lowest BCUT2D eigenvalue weighted by Gasteiger charge is -2.22. The summed E-state index contributed by atoms with van der Waals surface area (Å²) in [5.74, 6) is -4.79. The molecule has 29 heavy (non-hydrogen) atoms. The van der Waals surface area contributed by atoms with E-state index in [0.717, 1.165) is 0 Å². The molecule has 9 heteroatoms. The fourth-order valence-corrected chi connectivity index (χ4v) is 4.33. The van der Waals surface area contributed by atoms with Crippen LogP contribution in [0.3, 0.4) is 0 Å². The molecule has 0 heterocycles. The van der Waals surface area contributed by atoms with Crippen LogP contribution in [0, 0.1) is 5.92 Å². The molecule has 2 aromatic rings. The number of hydrogen-bond donors (Lipinski definition) is 2. The van der Waals surface area contributed by atoms with E-state index in [-0.39, 0.29) is 13.2 Å². The number of hydrogen-bond acceptors (Lipinski definition) is 5. The molecule has 0 amide bonds. The van der Waals surface area contributed by atoms with Gasteiger partial charge in [0.25, 0.3) is 0 Å². The average molecular weight is 424 g/mol. The molecule has 156 valence electrons. The summed E-state index contributed by atoms with van der Waals surface area (Å²) >= 11 is 0. The second-order valence-corrected chi connectivity index (χ2v) is 8.49. The molecular weight excluding hydrogens is 402 g/mol. The Morgan fingerprint density at radius 3 is 1.69 bits per heavy atom. The van der Waals surface area contributed by atoms with Crippen molar-refractivity contribution in [2.24, 2.45) is 5.92 Å². The molecule has 0 aliphatic heterocycles. The first-order valence-corrected chi connectivity index (χ1v) is 10.6. The number of benzene rings is 2. The van der Waals surface area contributed by atoms with E-state index in [1.165, 1.54) is 0 Å². The smallest absolute Gasteiger partial charge is 0.338 e. The van der Waals surface area contributed by atoms with Crippen molar-refractivity contribution in [3.05, 3.63) is 71.8 Å². The summed E-state index contributed by atoms with van der Waals surface area (Å²) in [6.07, 6.45) is -3.87. The van der Waals surface area contributed by atoms with E-state index in [9.17, 15) is 23.7 Å². The van der Waals surface area contributed by atoms with Crippen LogP contribution < -0.4 is 0 Å². The van der Waals surface area contributed by atoms with E-state index >= 15 is 0 Å². The SMILES string of the molecule is O=C(O)[C@H](C[C@H](F)C(=O)O)CP(=O)(OCc1ccccc1)OCc1ccccc1. The van der Waals surface area contributed by atoms with Crippen LogP contribution in [0.15, 0.2) is 60.7 Å². The average Bonchev–Trinajstić information content (AvgIpc) is 2.72. The second kappa shape index (κ2) is 10.9. The molecule has 2 rings (SSSR count). The molecule has 0 aliphatic carbocycles. The highest BCUT2D eigenvalue weighted by atomic mass is 31.2. The number of carboxylic acid groups (broad SMARTS) is 2. The lowest BCUT2D eigenvalue weighted by molar-refractivity contribution is -0.146. The van der Waals surface area contributed by atoms with Crippen molar-refractivity contribution < 1.29 is 37.8 Å². The van der Waals surface area contributed by atoms with Gasteiger partial charge in [0.05, 0.1) is 25.3 Å². The Kier molecular flexibility index (Phi) is 8.51. The summed E-state index contributed by atoms with van der Waals surface area (Å²) in [4.78, 5) is 22.2. The van der Waals surface area contributed by atoms with Gasteiger partial charge in [0.1, 0.15) is 0 Å². The van der Waals surface area contributed by atoms with Crippen LogP contribution in [-0.4, -0.2) is 34.5 Å². The van der Waals surface area contributed by atoms with E-state index in [1.807, 2.05) is 0 Å². The topological polar surface area (TPSA) is 110 Å². The number of carboxylic acids is 2. The zero-order valence-electron chi connectivity index (χ0n) is 15.5. The standard InChI is InChI=1S/C20H22FO7P/c21-18(20(24)25)11-17(19(22)23)14-29(26,27-12-15-7-3-1-4-8-15)28-13-16-9-5-2-6-10-16/h1-10,17-18H,11-14H2,(H,22,23)(H,24,25)/t17-,18+/m1/s1. The Labute approximate surface area is 167 Å². The van der Waals surface area contributed by atoms with Crippen LogP contribution in [0.2, 0.25) is 0 Å². The number of aliphatic carboxylic acids is 2. The van der Waals surface area contributed by atoms with Crippen molar-refractivity contribution in [1.82, 2.24) is 0 Å². The Morgan fingerprint density at radius 2 is 1.31 bits per heavy atom. The summed E-state index contributed by atoms with van der Waals surface area (Å²) in [5.41, 5.74) is 1.38. The minimum atomic E-state index is -3.99. The fraction of sp³-hybridized carbons (Fsp3) is 0.300. The highest BCUT2D eigenvalue weighted by Crippen LogP contribution is 2.52. The molecule has 0 radical (unpaired) electrons. The largest absolute Gasteiger partial charge is 0.481 e. The summed E-state index contributed by atoms with van der Waals surface area (Å²) in [5, 5.41) is 18.1. The predicted octanol–water partition coefficient (Wildman–Crippen LogP) is 4.13. The van der Waals surface area contributed by atoms with Crippen LogP contribution in [0.4, 0.5) is 4.39 Å². The first-order chi connectivity index (χ1) is 13.8. The third kappa shape index (κ3) is 7.77. The van der Waals surface area contributed by atoms with Gasteiger partial charge < -0.3 is 19.3 Å². The highest BCUT2D eigenvalue weighted by Gasteiger charge is 2.36. The van der Waals surface area contributed by atoms with Crippen molar-refractivity contribution in [3.63, 3.8) is 0 Å². The molecule has 0 fully saturated rings. The summed E-state index contributed by atoms with van der Waals surface area (Å²) < 4.78 is 37.7. The lowest BCUT2D eigenvalue weighted by Crippen LogP contribution is -2.27. The van der Waals surface area contributed by atoms with Crippen LogP contribution in [-0.2, 0) is 36.4 Å². The van der Waals surface area contributed by atoms with Crippen molar-refractivity contribution in [2.75, 3.05) is 6.16 Å². The van der Waals surface area contributed by atoms with Crippen LogP contribution in [0.1, 0.15) is 17.5 Å². The summed E-state index contributed by atoms with van der Waals surface area (Å²) in [6.45, 7) is -0.200. The van der Waals surface area contributed by atoms with Gasteiger partial charge in [-0.05, 0) is 11.1 Å². The van der Waals surface area contributed by atoms with Crippen LogP contribution >= 0.6 is 7.60 Å². The molecule has 0 aromatic heterocycles. The van der Waals surface area contributed by atoms with Crippen molar-refractivity contribution in [2.45, 2.75) is 25.8 Å². The van der Waals surface area contributed by atoms with Gasteiger partial charge in [0.2, 0.25) is 0 Å². The molecule has 0 spiro atoms. The predicted molar refractivity (Wildman–Crippen MR) is 103 cm³/mol. The Bertz CT molecular complexity index is 797. The van der Waals surface area contributed by atoms with Gasteiger partial charge in [0, 0.05) is 6.42 Å². The van der Waals surface area contributed by atoms with Crippen LogP contribution in [0.25, 0.3) is 0 Å². The van der Waals surface area contributed by atoms with Gasteiger partial charge in [-0.1, -0.05) is 60.7 Å². The molecule has 0 aliphatic rings. The molecular formula is C20H22FO7P. The van der Waals surface area contributed by atoms with Crippen molar-refractivity contribution >= 4 is 19.5 Å². The van der Waals surface area contributed by atoms with Crippen molar-refractivity contribution in [3.8, 4) is 0 Å². The zero-order chi connectivity index (χ0) is 21.3. The molecule has 7 nitrogen and oxygen atoms in total. The second-order valence-electron chi connectivity index (χ2n) is 6.39. The minimum absolute atomic E-state index is 0.1000. The maximum Gasteiger partial charge on any atom is 0.338 e. The van der Waals surface area contributed by atoms with E-state index in [1.54, 1.807) is 60.7 Å². The van der Waals surface area contributed by atoms with Gasteiger partial charge in [-0.25, -0.2) is 9.18 Å². The Hall–Kier alpha value is -2.54. The highest BCUT2D eigenvalue weighted by molar-refractivity contribution is 7.53. The first-order valence-electron chi connectivity index (χ1n) is 8.85. The number of halogens is 1. The molecule has 0 unspecified atom stereocenters. The van der Waals surface area contributed by atoms with Gasteiger partial charge in [0.15, 0.2) is 6.17 Å². The third-order valence-corrected chi connectivity index (χ3v) is 6.03. The summed E-state index contributed by atoms with van der Waals surface area (Å²) in [6, 6.07) is 17.6. The van der Waals surface area contributed by atoms with Gasteiger partial charge in [-0.15, -0.1) is 0 Å². The summed E-state index contributed by atoms with van der Waals surface area (Å²) in [7, 11) is -3.99. The lowest BCUT2D eigenvalue weighted by atomic mass is 10.1. The Morgan fingerprint density at radius 1 is 0.862 bits per heavy atom. The van der Waals surface area contributed by atoms with Crippen molar-refractivity contribution in [1.29, 1.82) is 0 Å². The number of rotatable bonds is 12. The monoisotopic (exact) mass is 424 g/mol.